The van der Waals surface area contributed by atoms with Gasteiger partial charge in [0.15, 0.2) is 5.82 Å². The summed E-state index contributed by atoms with van der Waals surface area (Å²) in [6, 6.07) is 6.73. The highest BCUT2D eigenvalue weighted by molar-refractivity contribution is 6.05. The summed E-state index contributed by atoms with van der Waals surface area (Å²) < 4.78 is 32.4. The summed E-state index contributed by atoms with van der Waals surface area (Å²) in [7, 11) is 1.45. The van der Waals surface area contributed by atoms with Gasteiger partial charge in [0.05, 0.1) is 12.8 Å². The zero-order chi connectivity index (χ0) is 15.6. The minimum atomic E-state index is -0.840. The average Bonchev–Trinajstić information content (AvgIpc) is 2.47. The van der Waals surface area contributed by atoms with Gasteiger partial charge in [-0.3, -0.25) is 4.79 Å². The number of rotatable bonds is 3. The minimum absolute atomic E-state index is 0.175. The van der Waals surface area contributed by atoms with Gasteiger partial charge in [0.1, 0.15) is 17.3 Å². The van der Waals surface area contributed by atoms with Crippen molar-refractivity contribution in [2.24, 2.45) is 0 Å². The van der Waals surface area contributed by atoms with Crippen molar-refractivity contribution >= 4 is 17.3 Å². The quantitative estimate of drug-likeness (QED) is 0.854. The molecule has 0 aliphatic rings. The molecule has 2 rings (SSSR count). The first-order valence-electron chi connectivity index (χ1n) is 6.13. The van der Waals surface area contributed by atoms with E-state index in [1.54, 1.807) is 0 Å². The Morgan fingerprint density at radius 1 is 1.24 bits per heavy atom. The third kappa shape index (κ3) is 2.94. The Balaban J connectivity index is 2.30. The summed E-state index contributed by atoms with van der Waals surface area (Å²) in [4.78, 5) is 12.0. The summed E-state index contributed by atoms with van der Waals surface area (Å²) in [6.45, 7) is 1.48. The van der Waals surface area contributed by atoms with E-state index >= 15 is 0 Å². The van der Waals surface area contributed by atoms with Gasteiger partial charge in [0.2, 0.25) is 0 Å². The fourth-order valence-corrected chi connectivity index (χ4v) is 1.83. The van der Waals surface area contributed by atoms with Crippen LogP contribution in [0.1, 0.15) is 15.9 Å². The van der Waals surface area contributed by atoms with Crippen LogP contribution in [-0.2, 0) is 0 Å². The van der Waals surface area contributed by atoms with Crippen molar-refractivity contribution in [2.45, 2.75) is 6.92 Å². The Labute approximate surface area is 120 Å². The summed E-state index contributed by atoms with van der Waals surface area (Å²) in [6.07, 6.45) is 0. The number of hydrogen-bond acceptors (Lipinski definition) is 3. The van der Waals surface area contributed by atoms with Gasteiger partial charge >= 0.3 is 0 Å². The molecule has 0 radical (unpaired) electrons. The number of carbonyl (C=O) groups excluding carboxylic acids is 1. The number of benzene rings is 2. The van der Waals surface area contributed by atoms with Gasteiger partial charge in [-0.1, -0.05) is 6.07 Å². The lowest BCUT2D eigenvalue weighted by Crippen LogP contribution is -2.15. The van der Waals surface area contributed by atoms with Crippen LogP contribution in [-0.4, -0.2) is 13.0 Å². The first-order valence-corrected chi connectivity index (χ1v) is 6.13. The maximum Gasteiger partial charge on any atom is 0.255 e. The molecule has 0 saturated carbocycles. The lowest BCUT2D eigenvalue weighted by atomic mass is 10.1. The Morgan fingerprint density at radius 2 is 1.95 bits per heavy atom. The van der Waals surface area contributed by atoms with Gasteiger partial charge < -0.3 is 15.8 Å². The molecule has 0 aliphatic heterocycles. The van der Waals surface area contributed by atoms with E-state index in [1.165, 1.54) is 38.3 Å². The lowest BCUT2D eigenvalue weighted by Gasteiger charge is -2.10. The van der Waals surface area contributed by atoms with Crippen LogP contribution in [0.3, 0.4) is 0 Å². The number of amides is 1. The van der Waals surface area contributed by atoms with E-state index in [2.05, 4.69) is 5.32 Å². The van der Waals surface area contributed by atoms with Crippen molar-refractivity contribution in [2.75, 3.05) is 18.2 Å². The van der Waals surface area contributed by atoms with Gasteiger partial charge in [0.25, 0.3) is 5.91 Å². The Kier molecular flexibility index (Phi) is 4.07. The van der Waals surface area contributed by atoms with Gasteiger partial charge in [0, 0.05) is 5.56 Å². The van der Waals surface area contributed by atoms with Gasteiger partial charge in [-0.2, -0.15) is 0 Å². The number of ether oxygens (including phenoxy) is 1. The first kappa shape index (κ1) is 14.8. The van der Waals surface area contributed by atoms with Crippen LogP contribution < -0.4 is 15.8 Å². The highest BCUT2D eigenvalue weighted by Gasteiger charge is 2.16. The summed E-state index contributed by atoms with van der Waals surface area (Å²) in [5.41, 5.74) is 5.89. The Hall–Kier alpha value is -2.63. The summed E-state index contributed by atoms with van der Waals surface area (Å²) in [5.74, 6) is -1.88. The smallest absolute Gasteiger partial charge is 0.255 e. The fourth-order valence-electron chi connectivity index (χ4n) is 1.83. The molecule has 0 heterocycles. The average molecular weight is 292 g/mol. The first-order chi connectivity index (χ1) is 9.93. The molecule has 0 aromatic heterocycles. The maximum absolute atomic E-state index is 13.8. The normalized spacial score (nSPS) is 10.3. The van der Waals surface area contributed by atoms with Crippen LogP contribution in [0.15, 0.2) is 30.3 Å². The zero-order valence-corrected chi connectivity index (χ0v) is 11.5. The van der Waals surface area contributed by atoms with Crippen molar-refractivity contribution in [3.63, 3.8) is 0 Å². The Morgan fingerprint density at radius 3 is 2.57 bits per heavy atom. The van der Waals surface area contributed by atoms with Gasteiger partial charge in [-0.15, -0.1) is 0 Å². The molecule has 0 fully saturated rings. The van der Waals surface area contributed by atoms with E-state index in [0.717, 1.165) is 6.07 Å². The van der Waals surface area contributed by atoms with Crippen molar-refractivity contribution in [1.82, 2.24) is 0 Å². The summed E-state index contributed by atoms with van der Waals surface area (Å²) >= 11 is 0. The van der Waals surface area contributed by atoms with Crippen LogP contribution in [0.2, 0.25) is 0 Å². The van der Waals surface area contributed by atoms with Crippen molar-refractivity contribution in [1.29, 1.82) is 0 Å². The second-order valence-corrected chi connectivity index (χ2v) is 4.46. The molecule has 0 unspecified atom stereocenters. The molecule has 0 saturated heterocycles. The van der Waals surface area contributed by atoms with Crippen molar-refractivity contribution in [3.8, 4) is 5.75 Å². The van der Waals surface area contributed by atoms with Gasteiger partial charge in [-0.25, -0.2) is 8.78 Å². The number of methoxy groups -OCH3 is 1. The molecule has 0 atom stereocenters. The highest BCUT2D eigenvalue weighted by atomic mass is 19.1. The number of aryl methyl sites for hydroxylation is 1. The molecule has 2 aromatic rings. The second kappa shape index (κ2) is 5.78. The number of carbonyl (C=O) groups is 1. The Bertz CT molecular complexity index is 702. The van der Waals surface area contributed by atoms with E-state index in [4.69, 9.17) is 10.5 Å². The van der Waals surface area contributed by atoms with E-state index in [9.17, 15) is 13.6 Å². The van der Waals surface area contributed by atoms with Crippen LogP contribution in [0, 0.1) is 18.6 Å². The van der Waals surface area contributed by atoms with E-state index in [0.29, 0.717) is 5.75 Å². The van der Waals surface area contributed by atoms with Crippen molar-refractivity contribution < 1.29 is 18.3 Å². The fraction of sp³-hybridized carbons (Fsp3) is 0.133. The number of nitrogens with two attached hydrogens (primary N) is 1. The highest BCUT2D eigenvalue weighted by Crippen LogP contribution is 2.25. The molecule has 0 aliphatic carbocycles. The molecule has 21 heavy (non-hydrogen) atoms. The topological polar surface area (TPSA) is 64.3 Å². The van der Waals surface area contributed by atoms with Crippen LogP contribution in [0.5, 0.6) is 5.75 Å². The molecular weight excluding hydrogens is 278 g/mol. The molecule has 2 aromatic carbocycles. The molecule has 3 N–H and O–H groups in total. The number of anilines is 2. The van der Waals surface area contributed by atoms with Crippen LogP contribution in [0.4, 0.5) is 20.2 Å². The number of halogens is 2. The molecule has 4 nitrogen and oxygen atoms in total. The van der Waals surface area contributed by atoms with Crippen LogP contribution in [0.25, 0.3) is 0 Å². The largest absolute Gasteiger partial charge is 0.495 e. The molecular formula is C15H14F2N2O2. The molecule has 1 amide bonds. The SMILES string of the molecule is COc1ccc(C(=O)Nc2c(F)ccc(C)c2F)cc1N. The summed E-state index contributed by atoms with van der Waals surface area (Å²) in [5, 5.41) is 2.21. The minimum Gasteiger partial charge on any atom is -0.495 e. The third-order valence-corrected chi connectivity index (χ3v) is 3.01. The standard InChI is InChI=1S/C15H14F2N2O2/c1-8-3-5-10(16)14(13(8)17)19-15(20)9-4-6-12(21-2)11(18)7-9/h3-7H,18H2,1-2H3,(H,19,20). The van der Waals surface area contributed by atoms with Gasteiger partial charge in [-0.05, 0) is 36.8 Å². The number of nitrogens with one attached hydrogen (secondary N) is 1. The predicted octanol–water partition coefficient (Wildman–Crippen LogP) is 3.12. The molecule has 0 spiro atoms. The van der Waals surface area contributed by atoms with E-state index < -0.39 is 23.2 Å². The molecule has 110 valence electrons. The molecule has 0 bridgehead atoms. The number of hydrogen-bond donors (Lipinski definition) is 2. The van der Waals surface area contributed by atoms with Crippen LogP contribution >= 0.6 is 0 Å². The monoisotopic (exact) mass is 292 g/mol. The van der Waals surface area contributed by atoms with E-state index in [-0.39, 0.29) is 16.8 Å². The molecule has 6 heteroatoms. The second-order valence-electron chi connectivity index (χ2n) is 4.46. The predicted molar refractivity (Wildman–Crippen MR) is 76.5 cm³/mol. The lowest BCUT2D eigenvalue weighted by molar-refractivity contribution is 0.102. The third-order valence-electron chi connectivity index (χ3n) is 3.01. The maximum atomic E-state index is 13.8. The van der Waals surface area contributed by atoms with E-state index in [1.807, 2.05) is 0 Å². The number of nitrogen functional groups attached to an aromatic ring is 1. The zero-order valence-electron chi connectivity index (χ0n) is 11.5. The van der Waals surface area contributed by atoms with Crippen molar-refractivity contribution in [3.05, 3.63) is 53.1 Å².